The third kappa shape index (κ3) is 4.20. The van der Waals surface area contributed by atoms with Crippen molar-refractivity contribution in [3.8, 4) is 5.69 Å². The van der Waals surface area contributed by atoms with Gasteiger partial charge in [0.2, 0.25) is 5.91 Å². The fraction of sp³-hybridized carbons (Fsp3) is 0.0952. The van der Waals surface area contributed by atoms with Crippen LogP contribution in [0.15, 0.2) is 66.1 Å². The second-order valence-corrected chi connectivity index (χ2v) is 7.38. The van der Waals surface area contributed by atoms with Crippen LogP contribution in [0.25, 0.3) is 16.7 Å². The van der Waals surface area contributed by atoms with E-state index in [4.69, 9.17) is 0 Å². The molecular formula is C21H16FN5O2S. The number of aromatic nitrogens is 4. The zero-order chi connectivity index (χ0) is 21.1. The molecule has 9 heteroatoms. The molecule has 0 aliphatic heterocycles. The van der Waals surface area contributed by atoms with Crippen molar-refractivity contribution in [1.29, 1.82) is 0 Å². The lowest BCUT2D eigenvalue weighted by molar-refractivity contribution is -0.114. The van der Waals surface area contributed by atoms with Crippen LogP contribution in [-0.4, -0.2) is 37.2 Å². The zero-order valence-corrected chi connectivity index (χ0v) is 16.7. The van der Waals surface area contributed by atoms with Crippen molar-refractivity contribution >= 4 is 40.2 Å². The number of hydrogen-bond donors (Lipinski definition) is 1. The van der Waals surface area contributed by atoms with Crippen molar-refractivity contribution in [2.45, 2.75) is 11.9 Å². The quantitative estimate of drug-likeness (QED) is 0.289. The fourth-order valence-electron chi connectivity index (χ4n) is 2.87. The summed E-state index contributed by atoms with van der Waals surface area (Å²) in [4.78, 5) is 32.2. The van der Waals surface area contributed by atoms with Crippen molar-refractivity contribution in [3.63, 3.8) is 0 Å². The number of benzene rings is 2. The van der Waals surface area contributed by atoms with Crippen molar-refractivity contribution in [2.75, 3.05) is 11.1 Å². The lowest BCUT2D eigenvalue weighted by atomic mass is 10.1. The maximum Gasteiger partial charge on any atom is 0.221 e. The number of anilines is 1. The van der Waals surface area contributed by atoms with E-state index in [-0.39, 0.29) is 23.3 Å². The minimum atomic E-state index is -0.329. The van der Waals surface area contributed by atoms with E-state index in [1.807, 2.05) is 0 Å². The number of amides is 1. The lowest BCUT2D eigenvalue weighted by Gasteiger charge is -2.05. The Labute approximate surface area is 175 Å². The standard InChI is InChI=1S/C21H16FN5O2S/c1-13(28)26-16-6-2-14(3-7-16)19(29)11-30-21-18-10-25-27(20(18)23-12-24-21)17-8-4-15(22)5-9-17/h2-10,12H,11H2,1H3,(H,26,28). The molecule has 0 aliphatic rings. The van der Waals surface area contributed by atoms with Crippen molar-refractivity contribution < 1.29 is 14.0 Å². The van der Waals surface area contributed by atoms with Crippen LogP contribution >= 0.6 is 11.8 Å². The molecule has 0 bridgehead atoms. The number of carbonyl (C=O) groups excluding carboxylic acids is 2. The van der Waals surface area contributed by atoms with Gasteiger partial charge >= 0.3 is 0 Å². The molecule has 1 N–H and O–H groups in total. The van der Waals surface area contributed by atoms with Gasteiger partial charge in [-0.1, -0.05) is 11.8 Å². The molecule has 2 heterocycles. The second kappa shape index (κ2) is 8.42. The average molecular weight is 421 g/mol. The molecule has 2 aromatic carbocycles. The van der Waals surface area contributed by atoms with Gasteiger partial charge in [-0.15, -0.1) is 0 Å². The molecule has 4 aromatic rings. The van der Waals surface area contributed by atoms with Gasteiger partial charge < -0.3 is 5.32 Å². The number of nitrogens with zero attached hydrogens (tertiary/aromatic N) is 4. The molecule has 0 saturated carbocycles. The zero-order valence-electron chi connectivity index (χ0n) is 15.9. The van der Waals surface area contributed by atoms with Gasteiger partial charge in [-0.05, 0) is 48.5 Å². The van der Waals surface area contributed by atoms with E-state index in [2.05, 4.69) is 20.4 Å². The van der Waals surface area contributed by atoms with Crippen LogP contribution in [0.2, 0.25) is 0 Å². The first kappa shape index (κ1) is 19.7. The van der Waals surface area contributed by atoms with E-state index in [0.717, 1.165) is 0 Å². The van der Waals surface area contributed by atoms with Crippen molar-refractivity contribution in [1.82, 2.24) is 19.7 Å². The molecule has 1 amide bonds. The summed E-state index contributed by atoms with van der Waals surface area (Å²) in [5, 5.41) is 8.34. The Morgan fingerprint density at radius 1 is 1.07 bits per heavy atom. The van der Waals surface area contributed by atoms with Crippen LogP contribution in [0.5, 0.6) is 0 Å². The summed E-state index contributed by atoms with van der Waals surface area (Å²) >= 11 is 1.29. The highest BCUT2D eigenvalue weighted by atomic mass is 32.2. The Hall–Kier alpha value is -3.59. The van der Waals surface area contributed by atoms with Crippen LogP contribution < -0.4 is 5.32 Å². The molecule has 0 saturated heterocycles. The normalized spacial score (nSPS) is 10.9. The molecule has 0 fully saturated rings. The van der Waals surface area contributed by atoms with Gasteiger partial charge in [-0.2, -0.15) is 5.10 Å². The minimum absolute atomic E-state index is 0.0629. The number of hydrogen-bond acceptors (Lipinski definition) is 6. The summed E-state index contributed by atoms with van der Waals surface area (Å²) in [5.41, 5.74) is 2.43. The predicted molar refractivity (Wildman–Crippen MR) is 112 cm³/mol. The van der Waals surface area contributed by atoms with Gasteiger partial charge in [0.25, 0.3) is 0 Å². The molecule has 2 aromatic heterocycles. The van der Waals surface area contributed by atoms with E-state index in [9.17, 15) is 14.0 Å². The topological polar surface area (TPSA) is 89.8 Å². The molecule has 0 spiro atoms. The molecule has 0 radical (unpaired) electrons. The first-order valence-corrected chi connectivity index (χ1v) is 9.98. The van der Waals surface area contributed by atoms with Gasteiger partial charge in [-0.25, -0.2) is 19.0 Å². The molecule has 0 atom stereocenters. The second-order valence-electron chi connectivity index (χ2n) is 6.42. The Morgan fingerprint density at radius 2 is 1.80 bits per heavy atom. The highest BCUT2D eigenvalue weighted by Gasteiger charge is 2.14. The van der Waals surface area contributed by atoms with Gasteiger partial charge in [0.1, 0.15) is 17.2 Å². The number of Topliss-reactive ketones (excluding diaryl/α,β-unsaturated/α-hetero) is 1. The molecular weight excluding hydrogens is 405 g/mol. The maximum absolute atomic E-state index is 13.2. The maximum atomic E-state index is 13.2. The fourth-order valence-corrected chi connectivity index (χ4v) is 3.72. The van der Waals surface area contributed by atoms with Gasteiger partial charge in [0.15, 0.2) is 11.4 Å². The highest BCUT2D eigenvalue weighted by Crippen LogP contribution is 2.26. The molecule has 7 nitrogen and oxygen atoms in total. The van der Waals surface area contributed by atoms with Crippen LogP contribution in [0.1, 0.15) is 17.3 Å². The number of thioether (sulfide) groups is 1. The number of rotatable bonds is 6. The van der Waals surface area contributed by atoms with E-state index in [1.54, 1.807) is 47.3 Å². The minimum Gasteiger partial charge on any atom is -0.326 e. The van der Waals surface area contributed by atoms with Crippen molar-refractivity contribution in [3.05, 3.63) is 72.4 Å². The van der Waals surface area contributed by atoms with Gasteiger partial charge in [0, 0.05) is 18.2 Å². The van der Waals surface area contributed by atoms with Crippen molar-refractivity contribution in [2.24, 2.45) is 0 Å². The predicted octanol–water partition coefficient (Wildman–Crippen LogP) is 3.89. The molecule has 0 unspecified atom stereocenters. The van der Waals surface area contributed by atoms with Crippen LogP contribution in [0.3, 0.4) is 0 Å². The van der Waals surface area contributed by atoms with E-state index in [0.29, 0.717) is 33.0 Å². The molecule has 4 rings (SSSR count). The van der Waals surface area contributed by atoms with E-state index < -0.39 is 0 Å². The summed E-state index contributed by atoms with van der Waals surface area (Å²) in [6.07, 6.45) is 3.05. The summed E-state index contributed by atoms with van der Waals surface area (Å²) in [6.45, 7) is 1.43. The number of halogens is 1. The lowest BCUT2D eigenvalue weighted by Crippen LogP contribution is -2.07. The smallest absolute Gasteiger partial charge is 0.221 e. The SMILES string of the molecule is CC(=O)Nc1ccc(C(=O)CSc2ncnc3c2cnn3-c2ccc(F)cc2)cc1. The summed E-state index contributed by atoms with van der Waals surface area (Å²) in [6, 6.07) is 12.7. The first-order chi connectivity index (χ1) is 14.5. The number of ketones is 1. The molecule has 30 heavy (non-hydrogen) atoms. The average Bonchev–Trinajstić information content (AvgIpc) is 3.17. The first-order valence-electron chi connectivity index (χ1n) is 8.99. The van der Waals surface area contributed by atoms with Gasteiger partial charge in [0.05, 0.1) is 23.0 Å². The monoisotopic (exact) mass is 421 g/mol. The highest BCUT2D eigenvalue weighted by molar-refractivity contribution is 8.00. The third-order valence-corrected chi connectivity index (χ3v) is 5.27. The summed E-state index contributed by atoms with van der Waals surface area (Å²) in [7, 11) is 0. The third-order valence-electron chi connectivity index (χ3n) is 4.27. The van der Waals surface area contributed by atoms with Gasteiger partial charge in [-0.3, -0.25) is 9.59 Å². The summed E-state index contributed by atoms with van der Waals surface area (Å²) < 4.78 is 14.8. The molecule has 150 valence electrons. The Kier molecular flexibility index (Phi) is 5.53. The van der Waals surface area contributed by atoms with Crippen LogP contribution in [-0.2, 0) is 4.79 Å². The molecule has 0 aliphatic carbocycles. The van der Waals surface area contributed by atoms with E-state index in [1.165, 1.54) is 37.1 Å². The number of nitrogens with one attached hydrogen (secondary N) is 1. The number of fused-ring (bicyclic) bond motifs is 1. The Morgan fingerprint density at radius 3 is 2.50 bits per heavy atom. The summed E-state index contributed by atoms with van der Waals surface area (Å²) in [5.74, 6) is -0.372. The van der Waals surface area contributed by atoms with Crippen LogP contribution in [0.4, 0.5) is 10.1 Å². The Balaban J connectivity index is 1.51. The largest absolute Gasteiger partial charge is 0.326 e. The Bertz CT molecular complexity index is 1220. The number of carbonyl (C=O) groups is 2. The van der Waals surface area contributed by atoms with Crippen LogP contribution in [0, 0.1) is 5.82 Å². The van der Waals surface area contributed by atoms with E-state index >= 15 is 0 Å².